The zero-order chi connectivity index (χ0) is 32.6. The van der Waals surface area contributed by atoms with Crippen LogP contribution in [0.2, 0.25) is 0 Å². The van der Waals surface area contributed by atoms with Gasteiger partial charge in [-0.1, -0.05) is 12.2 Å². The first kappa shape index (κ1) is 31.3. The SMILES string of the molecule is COc1ccc(-c2nc(O[C@@H]3C[C@H]4C(=O)N[C@]5(C(=O)O)C[C@@H]5/C=C\CCCCN(C)C(=O)[C@@H]4C3)c3ccc(OC)c(C)c3n2)cc1. The fourth-order valence-corrected chi connectivity index (χ4v) is 6.81. The van der Waals surface area contributed by atoms with E-state index in [1.54, 1.807) is 26.2 Å². The van der Waals surface area contributed by atoms with E-state index in [1.807, 2.05) is 55.5 Å². The molecule has 0 unspecified atom stereocenters. The summed E-state index contributed by atoms with van der Waals surface area (Å²) in [5, 5.41) is 13.6. The Labute approximate surface area is 267 Å². The third-order valence-corrected chi connectivity index (χ3v) is 9.66. The average Bonchev–Trinajstić information content (AvgIpc) is 3.59. The van der Waals surface area contributed by atoms with Gasteiger partial charge in [-0.25, -0.2) is 9.78 Å². The molecule has 2 heterocycles. The number of methoxy groups -OCH3 is 2. The number of amides is 2. The van der Waals surface area contributed by atoms with E-state index < -0.39 is 35.4 Å². The van der Waals surface area contributed by atoms with Gasteiger partial charge in [0, 0.05) is 30.6 Å². The predicted octanol–water partition coefficient (Wildman–Crippen LogP) is 4.55. The summed E-state index contributed by atoms with van der Waals surface area (Å²) in [5.41, 5.74) is 0.904. The molecule has 2 fully saturated rings. The molecule has 3 aromatic rings. The number of hydrogen-bond acceptors (Lipinski definition) is 8. The molecule has 242 valence electrons. The number of rotatable bonds is 6. The Balaban J connectivity index is 1.35. The zero-order valence-electron chi connectivity index (χ0n) is 26.6. The van der Waals surface area contributed by atoms with Crippen molar-refractivity contribution in [2.75, 3.05) is 27.8 Å². The number of fused-ring (bicyclic) bond motifs is 3. The summed E-state index contributed by atoms with van der Waals surface area (Å²) in [5.74, 6) is -1.14. The highest BCUT2D eigenvalue weighted by Crippen LogP contribution is 2.46. The van der Waals surface area contributed by atoms with E-state index in [2.05, 4.69) is 5.32 Å². The summed E-state index contributed by atoms with van der Waals surface area (Å²) in [7, 11) is 4.97. The van der Waals surface area contributed by atoms with E-state index in [1.165, 1.54) is 0 Å². The Morgan fingerprint density at radius 3 is 2.50 bits per heavy atom. The first-order valence-corrected chi connectivity index (χ1v) is 15.8. The van der Waals surface area contributed by atoms with Crippen molar-refractivity contribution in [1.82, 2.24) is 20.2 Å². The van der Waals surface area contributed by atoms with E-state index in [0.717, 1.165) is 30.4 Å². The maximum atomic E-state index is 13.8. The zero-order valence-corrected chi connectivity index (χ0v) is 26.6. The number of carbonyl (C=O) groups excluding carboxylic acids is 2. The number of carboxylic acids is 1. The lowest BCUT2D eigenvalue weighted by Gasteiger charge is -2.26. The van der Waals surface area contributed by atoms with Crippen molar-refractivity contribution >= 4 is 28.7 Å². The molecule has 0 radical (unpaired) electrons. The molecule has 1 aliphatic heterocycles. The summed E-state index contributed by atoms with van der Waals surface area (Å²) in [4.78, 5) is 51.3. The van der Waals surface area contributed by atoms with Gasteiger partial charge in [0.25, 0.3) is 0 Å². The molecule has 5 atom stereocenters. The highest BCUT2D eigenvalue weighted by molar-refractivity contribution is 5.94. The highest BCUT2D eigenvalue weighted by atomic mass is 16.5. The van der Waals surface area contributed by atoms with Crippen LogP contribution in [0.1, 0.15) is 44.1 Å². The van der Waals surface area contributed by atoms with Gasteiger partial charge in [-0.3, -0.25) is 9.59 Å². The number of allylic oxidation sites excluding steroid dienone is 1. The minimum atomic E-state index is -1.34. The maximum Gasteiger partial charge on any atom is 0.330 e. The van der Waals surface area contributed by atoms with Crippen LogP contribution in [0, 0.1) is 24.7 Å². The molecule has 0 spiro atoms. The topological polar surface area (TPSA) is 140 Å². The standard InChI is InChI=1S/C35H40N4O7/c1-20-28(45-4)15-14-25-29(20)36-30(21-10-12-23(44-3)13-11-21)37-32(25)46-24-17-26-27(18-24)33(41)39(2)16-8-6-5-7-9-22-19-35(22,34(42)43)38-31(26)40/h7,9-15,22,24,26-27H,5-6,8,16-19H2,1-4H3,(H,38,40)(H,42,43)/b9-7-/t22-,24+,26+,27+,35+/m0/s1. The third-order valence-electron chi connectivity index (χ3n) is 9.66. The second-order valence-electron chi connectivity index (χ2n) is 12.6. The van der Waals surface area contributed by atoms with Crippen LogP contribution < -0.4 is 19.5 Å². The van der Waals surface area contributed by atoms with Crippen molar-refractivity contribution in [1.29, 1.82) is 0 Å². The number of aliphatic carboxylic acids is 1. The number of aryl methyl sites for hydroxylation is 1. The van der Waals surface area contributed by atoms with Gasteiger partial charge in [0.1, 0.15) is 23.1 Å². The van der Waals surface area contributed by atoms with E-state index in [9.17, 15) is 19.5 Å². The Morgan fingerprint density at radius 2 is 1.78 bits per heavy atom. The lowest BCUT2D eigenvalue weighted by Crippen LogP contribution is -2.49. The molecule has 2 aromatic carbocycles. The van der Waals surface area contributed by atoms with Gasteiger partial charge in [-0.05, 0) is 81.8 Å². The van der Waals surface area contributed by atoms with Crippen LogP contribution in [0.3, 0.4) is 0 Å². The molecule has 2 amide bonds. The lowest BCUT2D eigenvalue weighted by molar-refractivity contribution is -0.145. The molecule has 3 aliphatic rings. The number of ether oxygens (including phenoxy) is 3. The molecular formula is C35H40N4O7. The number of carboxylic acid groups (broad SMARTS) is 1. The first-order chi connectivity index (χ1) is 22.1. The minimum absolute atomic E-state index is 0.136. The van der Waals surface area contributed by atoms with Crippen LogP contribution in [-0.2, 0) is 14.4 Å². The Kier molecular flexibility index (Phi) is 8.59. The van der Waals surface area contributed by atoms with Crippen LogP contribution >= 0.6 is 0 Å². The number of aromatic nitrogens is 2. The molecule has 6 rings (SSSR count). The van der Waals surface area contributed by atoms with Gasteiger partial charge in [-0.2, -0.15) is 4.98 Å². The van der Waals surface area contributed by atoms with Crippen LogP contribution in [0.4, 0.5) is 0 Å². The minimum Gasteiger partial charge on any atom is -0.497 e. The third kappa shape index (κ3) is 5.86. The predicted molar refractivity (Wildman–Crippen MR) is 171 cm³/mol. The van der Waals surface area contributed by atoms with E-state index in [0.29, 0.717) is 53.5 Å². The van der Waals surface area contributed by atoms with E-state index >= 15 is 0 Å². The quantitative estimate of drug-likeness (QED) is 0.376. The van der Waals surface area contributed by atoms with Crippen LogP contribution in [0.15, 0.2) is 48.6 Å². The van der Waals surface area contributed by atoms with Crippen molar-refractivity contribution < 1.29 is 33.7 Å². The normalized spacial score (nSPS) is 27.2. The summed E-state index contributed by atoms with van der Waals surface area (Å²) < 4.78 is 17.5. The van der Waals surface area contributed by atoms with Crippen LogP contribution in [-0.4, -0.2) is 77.2 Å². The van der Waals surface area contributed by atoms with Crippen molar-refractivity contribution in [2.24, 2.45) is 17.8 Å². The smallest absolute Gasteiger partial charge is 0.330 e. The fraction of sp³-hybridized carbons (Fsp3) is 0.457. The Hall–Kier alpha value is -4.67. The molecule has 1 aromatic heterocycles. The summed E-state index contributed by atoms with van der Waals surface area (Å²) in [6, 6.07) is 11.1. The van der Waals surface area contributed by atoms with Crippen molar-refractivity contribution in [3.8, 4) is 28.8 Å². The molecule has 11 heteroatoms. The second kappa shape index (κ2) is 12.6. The Morgan fingerprint density at radius 1 is 1.02 bits per heavy atom. The molecule has 0 saturated heterocycles. The molecule has 2 aliphatic carbocycles. The number of carbonyl (C=O) groups is 3. The number of hydrogen-bond donors (Lipinski definition) is 2. The molecule has 46 heavy (non-hydrogen) atoms. The van der Waals surface area contributed by atoms with Gasteiger partial charge in [0.05, 0.1) is 37.0 Å². The van der Waals surface area contributed by atoms with E-state index in [4.69, 9.17) is 24.2 Å². The van der Waals surface area contributed by atoms with Gasteiger partial charge in [0.2, 0.25) is 17.7 Å². The van der Waals surface area contributed by atoms with Gasteiger partial charge < -0.3 is 29.5 Å². The Bertz CT molecular complexity index is 1690. The molecule has 0 bridgehead atoms. The first-order valence-electron chi connectivity index (χ1n) is 15.8. The molecular weight excluding hydrogens is 588 g/mol. The summed E-state index contributed by atoms with van der Waals surface area (Å²) in [6.07, 6.45) is 6.73. The van der Waals surface area contributed by atoms with Crippen LogP contribution in [0.5, 0.6) is 17.4 Å². The monoisotopic (exact) mass is 628 g/mol. The number of benzene rings is 2. The average molecular weight is 629 g/mol. The number of nitrogens with zero attached hydrogens (tertiary/aromatic N) is 3. The summed E-state index contributed by atoms with van der Waals surface area (Å²) >= 11 is 0. The second-order valence-corrected chi connectivity index (χ2v) is 12.6. The highest BCUT2D eigenvalue weighted by Gasteiger charge is 2.61. The van der Waals surface area contributed by atoms with Crippen LogP contribution in [0.25, 0.3) is 22.3 Å². The maximum absolute atomic E-state index is 13.8. The largest absolute Gasteiger partial charge is 0.497 e. The molecule has 2 N–H and O–H groups in total. The lowest BCUT2D eigenvalue weighted by atomic mass is 9.93. The van der Waals surface area contributed by atoms with Gasteiger partial charge in [0.15, 0.2) is 5.82 Å². The fourth-order valence-electron chi connectivity index (χ4n) is 6.81. The van der Waals surface area contributed by atoms with Gasteiger partial charge in [-0.15, -0.1) is 0 Å². The van der Waals surface area contributed by atoms with E-state index in [-0.39, 0.29) is 18.2 Å². The number of nitrogens with one attached hydrogen (secondary N) is 1. The molecule has 2 saturated carbocycles. The molecule has 11 nitrogen and oxygen atoms in total. The summed E-state index contributed by atoms with van der Waals surface area (Å²) in [6.45, 7) is 2.50. The van der Waals surface area contributed by atoms with Gasteiger partial charge >= 0.3 is 5.97 Å². The van der Waals surface area contributed by atoms with Crippen molar-refractivity contribution in [3.63, 3.8) is 0 Å². The van der Waals surface area contributed by atoms with Crippen molar-refractivity contribution in [3.05, 3.63) is 54.1 Å². The van der Waals surface area contributed by atoms with Crippen molar-refractivity contribution in [2.45, 2.75) is 57.1 Å².